The molecule has 3 aromatic rings. The first kappa shape index (κ1) is 37.6. The maximum atomic E-state index is 14.7. The van der Waals surface area contributed by atoms with Crippen LogP contribution in [0.3, 0.4) is 0 Å². The normalized spacial score (nSPS) is 18.5. The molecule has 0 atom stereocenters. The predicted molar refractivity (Wildman–Crippen MR) is 199 cm³/mol. The quantitative estimate of drug-likeness (QED) is 0.384. The standard InChI is InChI=1S/C38H52F2N10O4/c1-38(2,3)54-37(53)47-17-15-45(16-18-47)24-33(51)46-12-8-27(9-13-46)50-31-10-14-48(36(52)41-4)23-30(31)35(43-50)49-11-6-7-25-19-28(26-21-42-44(5)22-26)29(34(39)40)20-32(25)49/h19-22,27,34H,6-18,23-24H2,1-5H3,(H,41,52). The van der Waals surface area contributed by atoms with Crippen molar-refractivity contribution in [2.24, 2.45) is 7.05 Å². The fourth-order valence-electron chi connectivity index (χ4n) is 8.20. The summed E-state index contributed by atoms with van der Waals surface area (Å²) >= 11 is 0. The Morgan fingerprint density at radius 1 is 0.963 bits per heavy atom. The van der Waals surface area contributed by atoms with Crippen molar-refractivity contribution < 1.29 is 27.9 Å². The number of hydrogen-bond donors (Lipinski definition) is 1. The van der Waals surface area contributed by atoms with Gasteiger partial charge >= 0.3 is 12.1 Å². The van der Waals surface area contributed by atoms with Gasteiger partial charge in [0, 0.05) is 107 Å². The zero-order valence-electron chi connectivity index (χ0n) is 32.0. The molecule has 4 aliphatic heterocycles. The Bertz CT molecular complexity index is 1870. The van der Waals surface area contributed by atoms with E-state index < -0.39 is 12.0 Å². The van der Waals surface area contributed by atoms with Crippen LogP contribution in [0.1, 0.15) is 74.9 Å². The largest absolute Gasteiger partial charge is 0.444 e. The van der Waals surface area contributed by atoms with E-state index in [1.54, 1.807) is 47.0 Å². The van der Waals surface area contributed by atoms with Gasteiger partial charge < -0.3 is 29.7 Å². The van der Waals surface area contributed by atoms with Crippen molar-refractivity contribution in [2.45, 2.75) is 77.5 Å². The minimum absolute atomic E-state index is 0.0455. The van der Waals surface area contributed by atoms with E-state index in [4.69, 9.17) is 9.84 Å². The lowest BCUT2D eigenvalue weighted by atomic mass is 9.92. The zero-order valence-corrected chi connectivity index (χ0v) is 32.0. The third kappa shape index (κ3) is 7.75. The first-order valence-electron chi connectivity index (χ1n) is 19.1. The number of rotatable bonds is 6. The van der Waals surface area contributed by atoms with Crippen molar-refractivity contribution in [2.75, 3.05) is 70.9 Å². The third-order valence-corrected chi connectivity index (χ3v) is 11.0. The smallest absolute Gasteiger partial charge is 0.410 e. The molecule has 2 aromatic heterocycles. The number of halogens is 2. The maximum Gasteiger partial charge on any atom is 0.410 e. The van der Waals surface area contributed by atoms with Gasteiger partial charge in [-0.1, -0.05) is 0 Å². The highest BCUT2D eigenvalue weighted by Gasteiger charge is 2.36. The molecule has 2 fully saturated rings. The molecule has 0 aliphatic carbocycles. The van der Waals surface area contributed by atoms with Gasteiger partial charge in [-0.25, -0.2) is 18.4 Å². The number of hydrogen-bond acceptors (Lipinski definition) is 8. The fourth-order valence-corrected chi connectivity index (χ4v) is 8.20. The molecule has 16 heteroatoms. The Hall–Kier alpha value is -4.73. The first-order chi connectivity index (χ1) is 25.8. The summed E-state index contributed by atoms with van der Waals surface area (Å²) in [5.74, 6) is 0.784. The molecule has 292 valence electrons. The van der Waals surface area contributed by atoms with Gasteiger partial charge in [-0.05, 0) is 69.7 Å². The maximum absolute atomic E-state index is 14.7. The summed E-state index contributed by atoms with van der Waals surface area (Å²) in [4.78, 5) is 48.3. The average Bonchev–Trinajstić information content (AvgIpc) is 3.76. The Labute approximate surface area is 315 Å². The van der Waals surface area contributed by atoms with Crippen molar-refractivity contribution in [1.82, 2.24) is 44.5 Å². The number of aryl methyl sites for hydroxylation is 2. The number of piperidine rings is 1. The van der Waals surface area contributed by atoms with Crippen LogP contribution in [0.25, 0.3) is 11.1 Å². The van der Waals surface area contributed by atoms with Gasteiger partial charge in [0.2, 0.25) is 5.91 Å². The molecule has 4 amide bonds. The van der Waals surface area contributed by atoms with E-state index in [2.05, 4.69) is 24.9 Å². The summed E-state index contributed by atoms with van der Waals surface area (Å²) < 4.78 is 38.6. The minimum Gasteiger partial charge on any atom is -0.444 e. The topological polar surface area (TPSA) is 124 Å². The van der Waals surface area contributed by atoms with Crippen molar-refractivity contribution in [3.05, 3.63) is 46.9 Å². The molecule has 14 nitrogen and oxygen atoms in total. The zero-order chi connectivity index (χ0) is 38.3. The van der Waals surface area contributed by atoms with Crippen LogP contribution in [-0.4, -0.2) is 129 Å². The molecule has 7 rings (SSSR count). The summed E-state index contributed by atoms with van der Waals surface area (Å²) in [7, 11) is 3.39. The number of carbonyl (C=O) groups is 3. The van der Waals surface area contributed by atoms with Gasteiger partial charge in [0.1, 0.15) is 5.60 Å². The summed E-state index contributed by atoms with van der Waals surface area (Å²) in [6.45, 7) is 10.8. The number of fused-ring (bicyclic) bond motifs is 2. The summed E-state index contributed by atoms with van der Waals surface area (Å²) in [6.07, 6.45) is 4.02. The Morgan fingerprint density at radius 3 is 2.35 bits per heavy atom. The highest BCUT2D eigenvalue weighted by atomic mass is 19.3. The van der Waals surface area contributed by atoms with Gasteiger partial charge in [0.15, 0.2) is 5.82 Å². The second kappa shape index (κ2) is 15.2. The van der Waals surface area contributed by atoms with Crippen LogP contribution in [0, 0.1) is 0 Å². The van der Waals surface area contributed by atoms with Gasteiger partial charge in [0.25, 0.3) is 6.43 Å². The van der Waals surface area contributed by atoms with Crippen molar-refractivity contribution in [1.29, 1.82) is 0 Å². The number of piperazine rings is 1. The Morgan fingerprint density at radius 2 is 1.70 bits per heavy atom. The summed E-state index contributed by atoms with van der Waals surface area (Å²) in [5, 5.41) is 12.2. The second-order valence-electron chi connectivity index (χ2n) is 15.8. The molecule has 6 heterocycles. The van der Waals surface area contributed by atoms with Crippen LogP contribution in [0.15, 0.2) is 24.5 Å². The van der Waals surface area contributed by atoms with E-state index in [1.807, 2.05) is 31.7 Å². The minimum atomic E-state index is -2.68. The van der Waals surface area contributed by atoms with Gasteiger partial charge in [-0.2, -0.15) is 10.2 Å². The lowest BCUT2D eigenvalue weighted by Crippen LogP contribution is -2.53. The average molecular weight is 751 g/mol. The monoisotopic (exact) mass is 750 g/mol. The van der Waals surface area contributed by atoms with Crippen LogP contribution in [0.4, 0.5) is 29.9 Å². The summed E-state index contributed by atoms with van der Waals surface area (Å²) in [5.41, 5.74) is 4.25. The molecule has 0 spiro atoms. The highest BCUT2D eigenvalue weighted by molar-refractivity contribution is 5.79. The van der Waals surface area contributed by atoms with Crippen molar-refractivity contribution >= 4 is 29.5 Å². The van der Waals surface area contributed by atoms with E-state index in [0.29, 0.717) is 88.8 Å². The number of aromatic nitrogens is 4. The van der Waals surface area contributed by atoms with Gasteiger partial charge in [0.05, 0.1) is 25.3 Å². The van der Waals surface area contributed by atoms with Crippen molar-refractivity contribution in [3.63, 3.8) is 0 Å². The summed E-state index contributed by atoms with van der Waals surface area (Å²) in [6, 6.07) is 3.38. The van der Waals surface area contributed by atoms with Gasteiger partial charge in [-0.3, -0.25) is 19.1 Å². The number of carbonyl (C=O) groups excluding carboxylic acids is 3. The first-order valence-corrected chi connectivity index (χ1v) is 19.1. The lowest BCUT2D eigenvalue weighted by Gasteiger charge is -2.37. The van der Waals surface area contributed by atoms with Crippen LogP contribution in [0.2, 0.25) is 0 Å². The molecule has 0 bridgehead atoms. The third-order valence-electron chi connectivity index (χ3n) is 11.0. The number of ether oxygens (including phenoxy) is 1. The SMILES string of the molecule is CNC(=O)N1CCc2c(c(N3CCCc4cc(-c5cnn(C)c5)c(C(F)F)cc43)nn2C2CCN(C(=O)CN3CCN(C(=O)OC(C)(C)C)CC3)CC2)C1. The molecule has 0 radical (unpaired) electrons. The number of urea groups is 1. The van der Waals surface area contributed by atoms with E-state index in [0.717, 1.165) is 48.2 Å². The van der Waals surface area contributed by atoms with Crippen LogP contribution in [0.5, 0.6) is 0 Å². The molecule has 0 unspecified atom stereocenters. The molecule has 54 heavy (non-hydrogen) atoms. The van der Waals surface area contributed by atoms with E-state index >= 15 is 0 Å². The number of anilines is 2. The van der Waals surface area contributed by atoms with Crippen LogP contribution >= 0.6 is 0 Å². The van der Waals surface area contributed by atoms with Crippen molar-refractivity contribution in [3.8, 4) is 11.1 Å². The number of nitrogens with zero attached hydrogens (tertiary/aromatic N) is 9. The predicted octanol–water partition coefficient (Wildman–Crippen LogP) is 4.72. The Balaban J connectivity index is 1.09. The molecule has 0 saturated carbocycles. The number of likely N-dealkylation sites (tertiary alicyclic amines) is 1. The van der Waals surface area contributed by atoms with Crippen LogP contribution in [-0.2, 0) is 36.0 Å². The second-order valence-corrected chi connectivity index (χ2v) is 15.8. The lowest BCUT2D eigenvalue weighted by molar-refractivity contribution is -0.134. The molecule has 2 saturated heterocycles. The fraction of sp³-hybridized carbons (Fsp3) is 0.605. The number of benzene rings is 1. The highest BCUT2D eigenvalue weighted by Crippen LogP contribution is 2.43. The molecule has 1 N–H and O–H groups in total. The molecular weight excluding hydrogens is 698 g/mol. The molecule has 4 aliphatic rings. The van der Waals surface area contributed by atoms with E-state index in [9.17, 15) is 23.2 Å². The molecule has 1 aromatic carbocycles. The molecular formula is C38H52F2N10O4. The number of alkyl halides is 2. The number of nitrogens with one attached hydrogen (secondary N) is 1. The van der Waals surface area contributed by atoms with Gasteiger partial charge in [-0.15, -0.1) is 0 Å². The van der Waals surface area contributed by atoms with E-state index in [1.165, 1.54) is 0 Å². The van der Waals surface area contributed by atoms with Crippen LogP contribution < -0.4 is 10.2 Å². The van der Waals surface area contributed by atoms with E-state index in [-0.39, 0.29) is 29.6 Å². The number of amides is 4. The Kier molecular flexibility index (Phi) is 10.6.